The predicted molar refractivity (Wildman–Crippen MR) is 92.2 cm³/mol. The maximum atomic E-state index is 12.5. The van der Waals surface area contributed by atoms with Crippen molar-refractivity contribution in [2.45, 2.75) is 19.0 Å². The number of carbonyl (C=O) groups is 1. The largest absolute Gasteiger partial charge is 0.435 e. The molecule has 0 aliphatic carbocycles. The number of hydrogen-bond acceptors (Lipinski definition) is 3. The Bertz CT molecular complexity index is 902. The number of alkyl halides is 2. The number of imidazole rings is 1. The summed E-state index contributed by atoms with van der Waals surface area (Å²) in [4.78, 5) is 22.0. The fourth-order valence-electron chi connectivity index (χ4n) is 3.16. The summed E-state index contributed by atoms with van der Waals surface area (Å²) in [6.45, 7) is -1.78. The normalized spacial score (nSPS) is 14.7. The molecule has 2 aromatic carbocycles. The zero-order valence-corrected chi connectivity index (χ0v) is 13.9. The molecule has 3 aromatic rings. The van der Waals surface area contributed by atoms with Crippen LogP contribution in [0.15, 0.2) is 48.5 Å². The lowest BCUT2D eigenvalue weighted by Gasteiger charge is -2.38. The van der Waals surface area contributed by atoms with Crippen molar-refractivity contribution in [1.82, 2.24) is 14.9 Å². The molecule has 0 spiro atoms. The topological polar surface area (TPSA) is 58.2 Å². The number of nitrogens with zero attached hydrogens (tertiary/aromatic N) is 2. The lowest BCUT2D eigenvalue weighted by atomic mass is 9.98. The lowest BCUT2D eigenvalue weighted by molar-refractivity contribution is -0.135. The summed E-state index contributed by atoms with van der Waals surface area (Å²) in [5.74, 6) is 0.975. The molecule has 2 heterocycles. The molecule has 5 nitrogen and oxygen atoms in total. The van der Waals surface area contributed by atoms with Gasteiger partial charge in [0, 0.05) is 18.7 Å². The van der Waals surface area contributed by atoms with E-state index in [1.807, 2.05) is 24.3 Å². The Balaban J connectivity index is 1.39. The van der Waals surface area contributed by atoms with Gasteiger partial charge in [-0.05, 0) is 18.2 Å². The summed E-state index contributed by atoms with van der Waals surface area (Å²) in [7, 11) is 0. The van der Waals surface area contributed by atoms with Crippen LogP contribution < -0.4 is 4.74 Å². The second-order valence-corrected chi connectivity index (χ2v) is 6.30. The van der Waals surface area contributed by atoms with Gasteiger partial charge in [0.25, 0.3) is 0 Å². The van der Waals surface area contributed by atoms with E-state index in [0.717, 1.165) is 16.9 Å². The quantitative estimate of drug-likeness (QED) is 0.762. The smallest absolute Gasteiger partial charge is 0.387 e. The van der Waals surface area contributed by atoms with Gasteiger partial charge in [0.15, 0.2) is 0 Å². The highest BCUT2D eigenvalue weighted by atomic mass is 19.3. The first-order valence-corrected chi connectivity index (χ1v) is 8.35. The Morgan fingerprint density at radius 3 is 2.69 bits per heavy atom. The maximum Gasteiger partial charge on any atom is 0.387 e. The first kappa shape index (κ1) is 16.5. The van der Waals surface area contributed by atoms with Crippen molar-refractivity contribution in [2.75, 3.05) is 13.1 Å². The first-order valence-electron chi connectivity index (χ1n) is 8.35. The Hall–Kier alpha value is -2.96. The molecule has 0 bridgehead atoms. The molecule has 134 valence electrons. The van der Waals surface area contributed by atoms with Crippen molar-refractivity contribution >= 4 is 16.9 Å². The van der Waals surface area contributed by atoms with Gasteiger partial charge in [0.1, 0.15) is 11.6 Å². The summed E-state index contributed by atoms with van der Waals surface area (Å²) in [5.41, 5.74) is 2.35. The maximum absolute atomic E-state index is 12.5. The van der Waals surface area contributed by atoms with Crippen LogP contribution in [0.2, 0.25) is 0 Å². The van der Waals surface area contributed by atoms with Crippen LogP contribution in [0.1, 0.15) is 17.3 Å². The van der Waals surface area contributed by atoms with E-state index in [4.69, 9.17) is 0 Å². The molecule has 7 heteroatoms. The number of aromatic nitrogens is 2. The van der Waals surface area contributed by atoms with Gasteiger partial charge in [-0.3, -0.25) is 4.79 Å². The fourth-order valence-corrected chi connectivity index (χ4v) is 3.16. The van der Waals surface area contributed by atoms with Crippen LogP contribution >= 0.6 is 0 Å². The van der Waals surface area contributed by atoms with Gasteiger partial charge in [0.05, 0.1) is 23.4 Å². The molecule has 1 aromatic heterocycles. The van der Waals surface area contributed by atoms with Crippen LogP contribution in [0.5, 0.6) is 5.75 Å². The highest BCUT2D eigenvalue weighted by Gasteiger charge is 2.33. The number of para-hydroxylation sites is 3. The van der Waals surface area contributed by atoms with Gasteiger partial charge in [0.2, 0.25) is 5.91 Å². The van der Waals surface area contributed by atoms with E-state index in [9.17, 15) is 13.6 Å². The molecule has 1 N–H and O–H groups in total. The number of benzene rings is 2. The van der Waals surface area contributed by atoms with E-state index in [0.29, 0.717) is 18.7 Å². The lowest BCUT2D eigenvalue weighted by Crippen LogP contribution is -2.49. The van der Waals surface area contributed by atoms with Crippen LogP contribution in [-0.2, 0) is 11.2 Å². The van der Waals surface area contributed by atoms with Gasteiger partial charge >= 0.3 is 6.61 Å². The predicted octanol–water partition coefficient (Wildman–Crippen LogP) is 3.33. The van der Waals surface area contributed by atoms with Gasteiger partial charge in [-0.15, -0.1) is 0 Å². The van der Waals surface area contributed by atoms with Crippen molar-refractivity contribution in [2.24, 2.45) is 0 Å². The first-order chi connectivity index (χ1) is 12.6. The van der Waals surface area contributed by atoms with E-state index in [1.54, 1.807) is 23.1 Å². The third-order valence-electron chi connectivity index (χ3n) is 4.56. The van der Waals surface area contributed by atoms with Crippen molar-refractivity contribution < 1.29 is 18.3 Å². The monoisotopic (exact) mass is 357 g/mol. The summed E-state index contributed by atoms with van der Waals surface area (Å²) in [6.07, 6.45) is 0.0374. The highest BCUT2D eigenvalue weighted by Crippen LogP contribution is 2.28. The van der Waals surface area contributed by atoms with Crippen molar-refractivity contribution in [3.05, 3.63) is 59.9 Å². The van der Waals surface area contributed by atoms with E-state index < -0.39 is 6.61 Å². The number of fused-ring (bicyclic) bond motifs is 1. The van der Waals surface area contributed by atoms with Crippen molar-refractivity contribution in [3.8, 4) is 5.75 Å². The van der Waals surface area contributed by atoms with E-state index in [1.165, 1.54) is 6.07 Å². The van der Waals surface area contributed by atoms with E-state index in [2.05, 4.69) is 14.7 Å². The SMILES string of the molecule is O=C(Cc1ccccc1OC(F)F)N1CC(c2nc3ccccc3[nH]2)C1. The number of amides is 1. The van der Waals surface area contributed by atoms with E-state index >= 15 is 0 Å². The number of ether oxygens (including phenoxy) is 1. The van der Waals surface area contributed by atoms with Crippen LogP contribution in [0, 0.1) is 0 Å². The highest BCUT2D eigenvalue weighted by molar-refractivity contribution is 5.81. The Morgan fingerprint density at radius 1 is 1.19 bits per heavy atom. The fraction of sp³-hybridized carbons (Fsp3) is 0.263. The molecule has 0 atom stereocenters. The number of hydrogen-bond donors (Lipinski definition) is 1. The molecule has 4 rings (SSSR count). The number of rotatable bonds is 5. The zero-order valence-electron chi connectivity index (χ0n) is 13.9. The van der Waals surface area contributed by atoms with Crippen molar-refractivity contribution in [3.63, 3.8) is 0 Å². The summed E-state index contributed by atoms with van der Waals surface area (Å²) >= 11 is 0. The summed E-state index contributed by atoms with van der Waals surface area (Å²) in [5, 5.41) is 0. The standard InChI is InChI=1S/C19H17F2N3O2/c20-19(21)26-16-8-4-1-5-12(16)9-17(25)24-10-13(11-24)18-22-14-6-2-3-7-15(14)23-18/h1-8,13,19H,9-11H2,(H,22,23). The minimum atomic E-state index is -2.91. The van der Waals surface area contributed by atoms with Gasteiger partial charge < -0.3 is 14.6 Å². The summed E-state index contributed by atoms with van der Waals surface area (Å²) in [6, 6.07) is 14.2. The molecule has 1 aliphatic rings. The van der Waals surface area contributed by atoms with Gasteiger partial charge in [-0.2, -0.15) is 8.78 Å². The molecule has 0 radical (unpaired) electrons. The third-order valence-corrected chi connectivity index (χ3v) is 4.56. The van der Waals surface area contributed by atoms with Crippen LogP contribution in [0.25, 0.3) is 11.0 Å². The number of nitrogens with one attached hydrogen (secondary N) is 1. The third kappa shape index (κ3) is 3.24. The molecular weight excluding hydrogens is 340 g/mol. The number of aromatic amines is 1. The average Bonchev–Trinajstić information content (AvgIpc) is 2.98. The number of carbonyl (C=O) groups excluding carboxylic acids is 1. The molecule has 0 unspecified atom stereocenters. The van der Waals surface area contributed by atoms with Crippen LogP contribution in [-0.4, -0.2) is 40.5 Å². The van der Waals surface area contributed by atoms with Gasteiger partial charge in [-0.25, -0.2) is 4.98 Å². The van der Waals surface area contributed by atoms with Crippen LogP contribution in [0.3, 0.4) is 0 Å². The molecule has 0 saturated carbocycles. The molecule has 1 fully saturated rings. The zero-order chi connectivity index (χ0) is 18.1. The minimum Gasteiger partial charge on any atom is -0.435 e. The Kier molecular flexibility index (Phi) is 4.28. The Labute approximate surface area is 148 Å². The van der Waals surface area contributed by atoms with Crippen molar-refractivity contribution in [1.29, 1.82) is 0 Å². The molecule has 1 saturated heterocycles. The second kappa shape index (κ2) is 6.74. The van der Waals surface area contributed by atoms with Crippen LogP contribution in [0.4, 0.5) is 8.78 Å². The molecule has 1 amide bonds. The Morgan fingerprint density at radius 2 is 1.92 bits per heavy atom. The number of likely N-dealkylation sites (tertiary alicyclic amines) is 1. The number of halogens is 2. The second-order valence-electron chi connectivity index (χ2n) is 6.30. The van der Waals surface area contributed by atoms with E-state index in [-0.39, 0.29) is 24.0 Å². The van der Waals surface area contributed by atoms with Gasteiger partial charge in [-0.1, -0.05) is 30.3 Å². The minimum absolute atomic E-state index is 0.0374. The molecule has 1 aliphatic heterocycles. The molecular formula is C19H17F2N3O2. The average molecular weight is 357 g/mol. The molecule has 26 heavy (non-hydrogen) atoms. The number of H-pyrrole nitrogens is 1. The summed E-state index contributed by atoms with van der Waals surface area (Å²) < 4.78 is 29.4.